The second-order valence-electron chi connectivity index (χ2n) is 4.39. The van der Waals surface area contributed by atoms with Gasteiger partial charge in [0.1, 0.15) is 0 Å². The van der Waals surface area contributed by atoms with E-state index in [0.29, 0.717) is 6.54 Å². The molecular weight excluding hydrogens is 182 g/mol. The number of amides is 1. The molecule has 0 radical (unpaired) electrons. The summed E-state index contributed by atoms with van der Waals surface area (Å²) in [5, 5.41) is 0. The Kier molecular flexibility index (Phi) is 2.39. The fourth-order valence-corrected chi connectivity index (χ4v) is 1.82. The van der Waals surface area contributed by atoms with Crippen LogP contribution in [0.4, 0.5) is 4.79 Å². The minimum atomic E-state index is -0.239. The summed E-state index contributed by atoms with van der Waals surface area (Å²) in [6, 6.07) is 0. The minimum absolute atomic E-state index is 0.108. The van der Waals surface area contributed by atoms with Gasteiger partial charge < -0.3 is 14.4 Å². The summed E-state index contributed by atoms with van der Waals surface area (Å²) in [6.07, 6.45) is 3.22. The van der Waals surface area contributed by atoms with Gasteiger partial charge in [-0.1, -0.05) is 0 Å². The number of hydrogen-bond acceptors (Lipinski definition) is 3. The quantitative estimate of drug-likeness (QED) is 0.674. The average molecular weight is 199 g/mol. The van der Waals surface area contributed by atoms with Crippen molar-refractivity contribution in [1.29, 1.82) is 0 Å². The van der Waals surface area contributed by atoms with Crippen molar-refractivity contribution < 1.29 is 14.3 Å². The Labute approximate surface area is 84.2 Å². The Balaban J connectivity index is 1.79. The van der Waals surface area contributed by atoms with Gasteiger partial charge in [0.25, 0.3) is 0 Å². The first kappa shape index (κ1) is 9.77. The number of methoxy groups -OCH3 is 1. The van der Waals surface area contributed by atoms with Crippen LogP contribution in [0.2, 0.25) is 0 Å². The van der Waals surface area contributed by atoms with Gasteiger partial charge in [-0.25, -0.2) is 4.79 Å². The molecular formula is C10H17NO3. The van der Waals surface area contributed by atoms with Crippen molar-refractivity contribution in [3.05, 3.63) is 0 Å². The molecule has 1 atom stereocenters. The minimum Gasteiger partial charge on any atom is -0.453 e. The molecule has 0 spiro atoms. The molecule has 1 aliphatic heterocycles. The second-order valence-corrected chi connectivity index (χ2v) is 4.39. The van der Waals surface area contributed by atoms with E-state index >= 15 is 0 Å². The van der Waals surface area contributed by atoms with Crippen molar-refractivity contribution in [1.82, 2.24) is 4.90 Å². The molecule has 4 heteroatoms. The number of carbonyl (C=O) groups is 1. The monoisotopic (exact) mass is 199 g/mol. The van der Waals surface area contributed by atoms with E-state index in [0.717, 1.165) is 25.8 Å². The summed E-state index contributed by atoms with van der Waals surface area (Å²) in [6.45, 7) is 3.57. The van der Waals surface area contributed by atoms with Crippen LogP contribution in [0.1, 0.15) is 26.2 Å². The summed E-state index contributed by atoms with van der Waals surface area (Å²) in [7, 11) is 1.42. The molecule has 14 heavy (non-hydrogen) atoms. The van der Waals surface area contributed by atoms with Crippen LogP contribution < -0.4 is 0 Å². The van der Waals surface area contributed by atoms with Crippen LogP contribution in [0.25, 0.3) is 0 Å². The van der Waals surface area contributed by atoms with Gasteiger partial charge in [0.15, 0.2) is 0 Å². The Hall–Kier alpha value is -0.770. The zero-order chi connectivity index (χ0) is 10.2. The van der Waals surface area contributed by atoms with E-state index in [1.807, 2.05) is 0 Å². The fraction of sp³-hybridized carbons (Fsp3) is 0.900. The number of likely N-dealkylation sites (tertiary alicyclic amines) is 1. The molecule has 2 fully saturated rings. The fourth-order valence-electron chi connectivity index (χ4n) is 1.82. The van der Waals surface area contributed by atoms with Crippen LogP contribution in [-0.4, -0.2) is 42.9 Å². The van der Waals surface area contributed by atoms with Gasteiger partial charge in [0.05, 0.1) is 25.4 Å². The normalized spacial score (nSPS) is 29.0. The van der Waals surface area contributed by atoms with Crippen LogP contribution in [0.3, 0.4) is 0 Å². The number of nitrogens with zero attached hydrogens (tertiary/aromatic N) is 1. The van der Waals surface area contributed by atoms with E-state index in [1.165, 1.54) is 7.11 Å². The lowest BCUT2D eigenvalue weighted by Crippen LogP contribution is -2.31. The molecule has 0 aromatic rings. The summed E-state index contributed by atoms with van der Waals surface area (Å²) in [5.41, 5.74) is 0.108. The maximum atomic E-state index is 11.2. The van der Waals surface area contributed by atoms with E-state index in [-0.39, 0.29) is 17.8 Å². The van der Waals surface area contributed by atoms with Gasteiger partial charge in [-0.05, 0) is 26.2 Å². The highest BCUT2D eigenvalue weighted by Gasteiger charge is 2.42. The van der Waals surface area contributed by atoms with Gasteiger partial charge in [-0.2, -0.15) is 0 Å². The van der Waals surface area contributed by atoms with Gasteiger partial charge in [0, 0.05) is 6.54 Å². The highest BCUT2D eigenvalue weighted by Crippen LogP contribution is 2.40. The number of hydrogen-bond donors (Lipinski definition) is 0. The van der Waals surface area contributed by atoms with Gasteiger partial charge >= 0.3 is 6.09 Å². The van der Waals surface area contributed by atoms with Crippen molar-refractivity contribution in [2.24, 2.45) is 0 Å². The molecule has 4 nitrogen and oxygen atoms in total. The summed E-state index contributed by atoms with van der Waals surface area (Å²) < 4.78 is 10.5. The van der Waals surface area contributed by atoms with Crippen molar-refractivity contribution in [2.75, 3.05) is 20.2 Å². The molecule has 2 aliphatic rings. The molecule has 2 rings (SSSR count). The van der Waals surface area contributed by atoms with Crippen LogP contribution in [-0.2, 0) is 9.47 Å². The lowest BCUT2D eigenvalue weighted by molar-refractivity contribution is -0.0130. The van der Waals surface area contributed by atoms with E-state index in [4.69, 9.17) is 4.74 Å². The standard InChI is InChI=1S/C10H17NO3/c1-10(4-5-10)14-8-3-6-11(7-8)9(12)13-2/h8H,3-7H2,1-2H3/t8-/m1/s1. The van der Waals surface area contributed by atoms with Gasteiger partial charge in [0.2, 0.25) is 0 Å². The maximum absolute atomic E-state index is 11.2. The van der Waals surface area contributed by atoms with Gasteiger partial charge in [-0.15, -0.1) is 0 Å². The third-order valence-corrected chi connectivity index (χ3v) is 2.98. The molecule has 0 N–H and O–H groups in total. The van der Waals surface area contributed by atoms with Crippen LogP contribution >= 0.6 is 0 Å². The summed E-state index contributed by atoms with van der Waals surface area (Å²) in [5.74, 6) is 0. The SMILES string of the molecule is COC(=O)N1CC[C@@H](OC2(C)CC2)C1. The molecule has 80 valence electrons. The molecule has 1 saturated heterocycles. The zero-order valence-electron chi connectivity index (χ0n) is 8.78. The van der Waals surface area contributed by atoms with Crippen molar-refractivity contribution in [3.8, 4) is 0 Å². The smallest absolute Gasteiger partial charge is 0.409 e. The van der Waals surface area contributed by atoms with Crippen molar-refractivity contribution in [3.63, 3.8) is 0 Å². The van der Waals surface area contributed by atoms with Crippen LogP contribution in [0.15, 0.2) is 0 Å². The predicted molar refractivity (Wildman–Crippen MR) is 51.1 cm³/mol. The first-order valence-electron chi connectivity index (χ1n) is 5.14. The van der Waals surface area contributed by atoms with E-state index in [9.17, 15) is 4.79 Å². The topological polar surface area (TPSA) is 38.8 Å². The predicted octanol–water partition coefficient (Wildman–Crippen LogP) is 1.40. The highest BCUT2D eigenvalue weighted by molar-refractivity contribution is 5.67. The first-order valence-corrected chi connectivity index (χ1v) is 5.14. The third-order valence-electron chi connectivity index (χ3n) is 2.98. The lowest BCUT2D eigenvalue weighted by Gasteiger charge is -2.18. The molecule has 0 unspecified atom stereocenters. The number of rotatable bonds is 2. The molecule has 0 aromatic heterocycles. The Morgan fingerprint density at radius 2 is 2.21 bits per heavy atom. The largest absolute Gasteiger partial charge is 0.453 e. The van der Waals surface area contributed by atoms with Crippen LogP contribution in [0.5, 0.6) is 0 Å². The third kappa shape index (κ3) is 2.00. The highest BCUT2D eigenvalue weighted by atomic mass is 16.5. The molecule has 1 amide bonds. The lowest BCUT2D eigenvalue weighted by atomic mass is 10.3. The van der Waals surface area contributed by atoms with E-state index in [1.54, 1.807) is 4.90 Å². The average Bonchev–Trinajstić information content (AvgIpc) is 2.71. The van der Waals surface area contributed by atoms with Crippen LogP contribution in [0, 0.1) is 0 Å². The maximum Gasteiger partial charge on any atom is 0.409 e. The Morgan fingerprint density at radius 1 is 1.50 bits per heavy atom. The number of carbonyl (C=O) groups excluding carboxylic acids is 1. The van der Waals surface area contributed by atoms with E-state index in [2.05, 4.69) is 11.7 Å². The molecule has 1 saturated carbocycles. The number of ether oxygens (including phenoxy) is 2. The van der Waals surface area contributed by atoms with Crippen molar-refractivity contribution in [2.45, 2.75) is 37.9 Å². The zero-order valence-corrected chi connectivity index (χ0v) is 8.78. The summed E-state index contributed by atoms with van der Waals surface area (Å²) in [4.78, 5) is 12.9. The van der Waals surface area contributed by atoms with Crippen molar-refractivity contribution >= 4 is 6.09 Å². The first-order chi connectivity index (χ1) is 6.63. The molecule has 1 heterocycles. The molecule has 1 aliphatic carbocycles. The molecule has 0 aromatic carbocycles. The summed E-state index contributed by atoms with van der Waals surface area (Å²) >= 11 is 0. The Bertz CT molecular complexity index is 238. The Morgan fingerprint density at radius 3 is 2.79 bits per heavy atom. The van der Waals surface area contributed by atoms with Gasteiger partial charge in [-0.3, -0.25) is 0 Å². The molecule has 0 bridgehead atoms. The second kappa shape index (κ2) is 3.42. The van der Waals surface area contributed by atoms with E-state index < -0.39 is 0 Å².